The lowest BCUT2D eigenvalue weighted by Crippen LogP contribution is -2.13. The third kappa shape index (κ3) is 4.14. The van der Waals surface area contributed by atoms with E-state index in [1.807, 2.05) is 19.9 Å². The van der Waals surface area contributed by atoms with E-state index in [0.29, 0.717) is 26.8 Å². The quantitative estimate of drug-likeness (QED) is 0.637. The van der Waals surface area contributed by atoms with E-state index in [1.165, 1.54) is 17.5 Å². The molecule has 0 aliphatic heterocycles. The summed E-state index contributed by atoms with van der Waals surface area (Å²) in [5, 5.41) is 6.86. The van der Waals surface area contributed by atoms with Crippen molar-refractivity contribution < 1.29 is 4.79 Å². The summed E-state index contributed by atoms with van der Waals surface area (Å²) < 4.78 is 0. The molecule has 0 radical (unpaired) electrons. The molecule has 0 saturated heterocycles. The fourth-order valence-corrected chi connectivity index (χ4v) is 3.31. The number of pyridine rings is 1. The van der Waals surface area contributed by atoms with Crippen LogP contribution >= 0.6 is 22.9 Å². The Morgan fingerprint density at radius 1 is 1.27 bits per heavy atom. The van der Waals surface area contributed by atoms with E-state index in [1.54, 1.807) is 19.2 Å². The van der Waals surface area contributed by atoms with E-state index >= 15 is 0 Å². The highest BCUT2D eigenvalue weighted by Gasteiger charge is 2.15. The second-order valence-electron chi connectivity index (χ2n) is 5.54. The standard InChI is InChI=1S/C17H17ClN6OS/c1-4-11-15(9(2)5-6-19-11)24-16(25)12-8-20-17(26-12)23-14-7-13(18)21-10(3)22-14/h5-8H,4H2,1-3H3,(H,24,25)(H,20,21,22,23). The number of rotatable bonds is 5. The number of carbonyl (C=O) groups excluding carboxylic acids is 1. The van der Waals surface area contributed by atoms with E-state index in [0.717, 1.165) is 23.4 Å². The molecule has 0 fully saturated rings. The van der Waals surface area contributed by atoms with Crippen LogP contribution in [0.25, 0.3) is 0 Å². The summed E-state index contributed by atoms with van der Waals surface area (Å²) in [6, 6.07) is 3.47. The van der Waals surface area contributed by atoms with Gasteiger partial charge in [-0.3, -0.25) is 9.78 Å². The van der Waals surface area contributed by atoms with Crippen molar-refractivity contribution in [1.82, 2.24) is 19.9 Å². The maximum atomic E-state index is 12.6. The Bertz CT molecular complexity index is 938. The molecule has 3 aromatic rings. The number of thiazole rings is 1. The summed E-state index contributed by atoms with van der Waals surface area (Å²) >= 11 is 7.16. The van der Waals surface area contributed by atoms with Crippen molar-refractivity contribution in [1.29, 1.82) is 0 Å². The van der Waals surface area contributed by atoms with Crippen molar-refractivity contribution in [2.45, 2.75) is 27.2 Å². The monoisotopic (exact) mass is 388 g/mol. The lowest BCUT2D eigenvalue weighted by atomic mass is 10.1. The Morgan fingerprint density at radius 3 is 2.81 bits per heavy atom. The molecule has 0 unspecified atom stereocenters. The molecule has 0 saturated carbocycles. The number of hydrogen-bond acceptors (Lipinski definition) is 7. The highest BCUT2D eigenvalue weighted by Crippen LogP contribution is 2.25. The van der Waals surface area contributed by atoms with Crippen molar-refractivity contribution in [2.75, 3.05) is 10.6 Å². The number of nitrogens with one attached hydrogen (secondary N) is 2. The summed E-state index contributed by atoms with van der Waals surface area (Å²) in [7, 11) is 0. The predicted octanol–water partition coefficient (Wildman–Crippen LogP) is 4.16. The number of carbonyl (C=O) groups is 1. The van der Waals surface area contributed by atoms with Crippen LogP contribution in [0.2, 0.25) is 5.15 Å². The van der Waals surface area contributed by atoms with Crippen LogP contribution in [0.5, 0.6) is 0 Å². The molecule has 3 rings (SSSR count). The average Bonchev–Trinajstić information content (AvgIpc) is 3.04. The lowest BCUT2D eigenvalue weighted by Gasteiger charge is -2.10. The number of aryl methyl sites for hydroxylation is 3. The Hall–Kier alpha value is -2.58. The Labute approximate surface area is 159 Å². The maximum absolute atomic E-state index is 12.6. The fourth-order valence-electron chi connectivity index (χ4n) is 2.37. The van der Waals surface area contributed by atoms with Gasteiger partial charge in [-0.15, -0.1) is 0 Å². The van der Waals surface area contributed by atoms with Crippen molar-refractivity contribution in [2.24, 2.45) is 0 Å². The van der Waals surface area contributed by atoms with Gasteiger partial charge in [-0.1, -0.05) is 29.9 Å². The number of nitrogens with zero attached hydrogens (tertiary/aromatic N) is 4. The first-order valence-corrected chi connectivity index (χ1v) is 9.15. The molecule has 9 heteroatoms. The number of hydrogen-bond donors (Lipinski definition) is 2. The van der Waals surface area contributed by atoms with Crippen LogP contribution in [0.4, 0.5) is 16.6 Å². The number of aromatic nitrogens is 4. The van der Waals surface area contributed by atoms with Gasteiger partial charge < -0.3 is 10.6 Å². The van der Waals surface area contributed by atoms with Gasteiger partial charge in [-0.05, 0) is 31.9 Å². The molecule has 0 atom stereocenters. The molecule has 2 N–H and O–H groups in total. The topological polar surface area (TPSA) is 92.7 Å². The molecule has 0 aliphatic rings. The molecule has 134 valence electrons. The zero-order chi connectivity index (χ0) is 18.7. The molecule has 0 aromatic carbocycles. The summed E-state index contributed by atoms with van der Waals surface area (Å²) in [6.45, 7) is 5.69. The lowest BCUT2D eigenvalue weighted by molar-refractivity contribution is 0.103. The molecule has 0 spiro atoms. The maximum Gasteiger partial charge on any atom is 0.267 e. The number of halogens is 1. The van der Waals surface area contributed by atoms with Gasteiger partial charge in [-0.25, -0.2) is 15.0 Å². The molecular weight excluding hydrogens is 372 g/mol. The van der Waals surface area contributed by atoms with Crippen LogP contribution in [0.15, 0.2) is 24.5 Å². The zero-order valence-electron chi connectivity index (χ0n) is 14.5. The van der Waals surface area contributed by atoms with Crippen molar-refractivity contribution in [3.05, 3.63) is 51.6 Å². The Morgan fingerprint density at radius 2 is 2.08 bits per heavy atom. The molecule has 1 amide bonds. The third-order valence-electron chi connectivity index (χ3n) is 3.58. The van der Waals surface area contributed by atoms with Gasteiger partial charge in [0, 0.05) is 12.3 Å². The summed E-state index contributed by atoms with van der Waals surface area (Å²) in [5.41, 5.74) is 2.58. The van der Waals surface area contributed by atoms with Crippen LogP contribution in [0, 0.1) is 13.8 Å². The number of amides is 1. The van der Waals surface area contributed by atoms with E-state index in [9.17, 15) is 4.79 Å². The van der Waals surface area contributed by atoms with Crippen LogP contribution in [-0.4, -0.2) is 25.8 Å². The molecule has 3 heterocycles. The molecule has 26 heavy (non-hydrogen) atoms. The number of anilines is 3. The van der Waals surface area contributed by atoms with Crippen LogP contribution in [-0.2, 0) is 6.42 Å². The minimum atomic E-state index is -0.224. The first kappa shape index (κ1) is 18.2. The average molecular weight is 389 g/mol. The molecular formula is C17H17ClN6OS. The van der Waals surface area contributed by atoms with Gasteiger partial charge >= 0.3 is 0 Å². The molecule has 0 aliphatic carbocycles. The van der Waals surface area contributed by atoms with Gasteiger partial charge in [0.25, 0.3) is 5.91 Å². The summed E-state index contributed by atoms with van der Waals surface area (Å²) in [6.07, 6.45) is 4.00. The fraction of sp³-hybridized carbons (Fsp3) is 0.235. The van der Waals surface area contributed by atoms with Gasteiger partial charge in [0.1, 0.15) is 21.7 Å². The normalized spacial score (nSPS) is 10.6. The molecule has 0 bridgehead atoms. The van der Waals surface area contributed by atoms with Gasteiger partial charge in [0.15, 0.2) is 5.13 Å². The van der Waals surface area contributed by atoms with Crippen molar-refractivity contribution >= 4 is 45.5 Å². The minimum Gasteiger partial charge on any atom is -0.319 e. The second-order valence-corrected chi connectivity index (χ2v) is 6.95. The predicted molar refractivity (Wildman–Crippen MR) is 103 cm³/mol. The first-order chi connectivity index (χ1) is 12.5. The zero-order valence-corrected chi connectivity index (χ0v) is 16.1. The summed E-state index contributed by atoms with van der Waals surface area (Å²) in [5.74, 6) is 0.854. The van der Waals surface area contributed by atoms with Crippen LogP contribution in [0.3, 0.4) is 0 Å². The van der Waals surface area contributed by atoms with E-state index in [4.69, 9.17) is 11.6 Å². The highest BCUT2D eigenvalue weighted by molar-refractivity contribution is 7.17. The summed E-state index contributed by atoms with van der Waals surface area (Å²) in [4.78, 5) is 29.8. The van der Waals surface area contributed by atoms with E-state index in [-0.39, 0.29) is 5.91 Å². The Kier molecular flexibility index (Phi) is 5.43. The van der Waals surface area contributed by atoms with Gasteiger partial charge in [0.2, 0.25) is 0 Å². The SMILES string of the molecule is CCc1nccc(C)c1NC(=O)c1cnc(Nc2cc(Cl)nc(C)n2)s1. The minimum absolute atomic E-state index is 0.224. The van der Waals surface area contributed by atoms with Crippen molar-refractivity contribution in [3.8, 4) is 0 Å². The van der Waals surface area contributed by atoms with Crippen LogP contribution < -0.4 is 10.6 Å². The third-order valence-corrected chi connectivity index (χ3v) is 4.69. The van der Waals surface area contributed by atoms with Crippen LogP contribution in [0.1, 0.15) is 33.7 Å². The van der Waals surface area contributed by atoms with Crippen molar-refractivity contribution in [3.63, 3.8) is 0 Å². The highest BCUT2D eigenvalue weighted by atomic mass is 35.5. The molecule has 7 nitrogen and oxygen atoms in total. The van der Waals surface area contributed by atoms with E-state index < -0.39 is 0 Å². The smallest absolute Gasteiger partial charge is 0.267 e. The van der Waals surface area contributed by atoms with Gasteiger partial charge in [0.05, 0.1) is 17.6 Å². The van der Waals surface area contributed by atoms with Gasteiger partial charge in [-0.2, -0.15) is 0 Å². The Balaban J connectivity index is 1.76. The molecule has 3 aromatic heterocycles. The first-order valence-electron chi connectivity index (χ1n) is 7.96. The largest absolute Gasteiger partial charge is 0.319 e. The second kappa shape index (κ2) is 7.76. The van der Waals surface area contributed by atoms with E-state index in [2.05, 4.69) is 30.6 Å².